The molecular formula is C13H16FNO4. The first-order valence-electron chi connectivity index (χ1n) is 5.82. The largest absolute Gasteiger partial charge is 0.497 e. The maximum absolute atomic E-state index is 13.6. The van der Waals surface area contributed by atoms with E-state index in [9.17, 15) is 14.0 Å². The summed E-state index contributed by atoms with van der Waals surface area (Å²) >= 11 is 0. The van der Waals surface area contributed by atoms with Crippen molar-refractivity contribution >= 4 is 11.9 Å². The maximum Gasteiger partial charge on any atom is 0.326 e. The summed E-state index contributed by atoms with van der Waals surface area (Å²) in [5.41, 5.74) is 0.193. The number of methoxy groups -OCH3 is 1. The van der Waals surface area contributed by atoms with Crippen LogP contribution in [0, 0.1) is 5.82 Å². The van der Waals surface area contributed by atoms with Crippen molar-refractivity contribution in [3.8, 4) is 5.75 Å². The molecule has 0 heterocycles. The number of carbonyl (C=O) groups is 2. The Balaban J connectivity index is 2.69. The number of hydrogen-bond donors (Lipinski definition) is 2. The monoisotopic (exact) mass is 269 g/mol. The van der Waals surface area contributed by atoms with Crippen molar-refractivity contribution in [1.29, 1.82) is 0 Å². The summed E-state index contributed by atoms with van der Waals surface area (Å²) in [7, 11) is 1.42. The SMILES string of the molecule is CCC(NC(=O)Cc1ccc(OC)cc1F)C(=O)O. The first-order chi connectivity index (χ1) is 8.97. The van der Waals surface area contributed by atoms with Crippen molar-refractivity contribution in [2.45, 2.75) is 25.8 Å². The van der Waals surface area contributed by atoms with E-state index in [1.54, 1.807) is 13.0 Å². The zero-order chi connectivity index (χ0) is 14.4. The predicted molar refractivity (Wildman–Crippen MR) is 66.5 cm³/mol. The van der Waals surface area contributed by atoms with E-state index in [0.717, 1.165) is 0 Å². The molecule has 1 unspecified atom stereocenters. The molecule has 5 nitrogen and oxygen atoms in total. The van der Waals surface area contributed by atoms with Crippen molar-refractivity contribution in [3.63, 3.8) is 0 Å². The molecule has 0 aliphatic carbocycles. The lowest BCUT2D eigenvalue weighted by Crippen LogP contribution is -2.41. The van der Waals surface area contributed by atoms with E-state index in [4.69, 9.17) is 9.84 Å². The van der Waals surface area contributed by atoms with Crippen LogP contribution in [0.2, 0.25) is 0 Å². The molecular weight excluding hydrogens is 253 g/mol. The highest BCUT2D eigenvalue weighted by Crippen LogP contribution is 2.16. The standard InChI is InChI=1S/C13H16FNO4/c1-3-11(13(17)18)15-12(16)6-8-4-5-9(19-2)7-10(8)14/h4-5,7,11H,3,6H2,1-2H3,(H,15,16)(H,17,18). The van der Waals surface area contributed by atoms with E-state index in [1.165, 1.54) is 19.2 Å². The van der Waals surface area contributed by atoms with E-state index in [2.05, 4.69) is 5.32 Å². The Morgan fingerprint density at radius 3 is 2.63 bits per heavy atom. The lowest BCUT2D eigenvalue weighted by molar-refractivity contribution is -0.141. The van der Waals surface area contributed by atoms with Gasteiger partial charge in [-0.2, -0.15) is 0 Å². The van der Waals surface area contributed by atoms with Gasteiger partial charge in [-0.25, -0.2) is 9.18 Å². The fourth-order valence-corrected chi connectivity index (χ4v) is 1.56. The molecule has 0 fully saturated rings. The van der Waals surface area contributed by atoms with Crippen LogP contribution in [0.5, 0.6) is 5.75 Å². The normalized spacial score (nSPS) is 11.7. The summed E-state index contributed by atoms with van der Waals surface area (Å²) in [4.78, 5) is 22.4. The predicted octanol–water partition coefficient (Wildman–Crippen LogP) is 1.36. The third-order valence-corrected chi connectivity index (χ3v) is 2.65. The van der Waals surface area contributed by atoms with Gasteiger partial charge in [-0.05, 0) is 18.1 Å². The van der Waals surface area contributed by atoms with Gasteiger partial charge in [0, 0.05) is 6.07 Å². The molecule has 1 atom stereocenters. The minimum Gasteiger partial charge on any atom is -0.497 e. The van der Waals surface area contributed by atoms with Gasteiger partial charge in [0.1, 0.15) is 17.6 Å². The Morgan fingerprint density at radius 1 is 1.47 bits per heavy atom. The van der Waals surface area contributed by atoms with Crippen LogP contribution >= 0.6 is 0 Å². The van der Waals surface area contributed by atoms with Crippen LogP contribution in [0.25, 0.3) is 0 Å². The van der Waals surface area contributed by atoms with Gasteiger partial charge in [0.15, 0.2) is 0 Å². The molecule has 19 heavy (non-hydrogen) atoms. The van der Waals surface area contributed by atoms with Crippen LogP contribution in [0.15, 0.2) is 18.2 Å². The molecule has 2 N–H and O–H groups in total. The van der Waals surface area contributed by atoms with Crippen molar-refractivity contribution < 1.29 is 23.8 Å². The zero-order valence-electron chi connectivity index (χ0n) is 10.8. The third-order valence-electron chi connectivity index (χ3n) is 2.65. The van der Waals surface area contributed by atoms with E-state index >= 15 is 0 Å². The summed E-state index contributed by atoms with van der Waals surface area (Å²) in [6, 6.07) is 3.21. The van der Waals surface area contributed by atoms with E-state index < -0.39 is 23.7 Å². The zero-order valence-corrected chi connectivity index (χ0v) is 10.8. The highest BCUT2D eigenvalue weighted by Gasteiger charge is 2.18. The summed E-state index contributed by atoms with van der Waals surface area (Å²) in [5.74, 6) is -1.83. The lowest BCUT2D eigenvalue weighted by atomic mass is 10.1. The number of hydrogen-bond acceptors (Lipinski definition) is 3. The lowest BCUT2D eigenvalue weighted by Gasteiger charge is -2.12. The molecule has 0 aromatic heterocycles. The Bertz CT molecular complexity index is 476. The van der Waals surface area contributed by atoms with Crippen molar-refractivity contribution in [3.05, 3.63) is 29.6 Å². The molecule has 0 saturated carbocycles. The number of ether oxygens (including phenoxy) is 1. The molecule has 0 spiro atoms. The second kappa shape index (κ2) is 6.72. The first kappa shape index (κ1) is 14.9. The Labute approximate surface area is 110 Å². The van der Waals surface area contributed by atoms with Gasteiger partial charge >= 0.3 is 5.97 Å². The van der Waals surface area contributed by atoms with Crippen LogP contribution in [0.1, 0.15) is 18.9 Å². The van der Waals surface area contributed by atoms with Crippen LogP contribution < -0.4 is 10.1 Å². The van der Waals surface area contributed by atoms with Crippen molar-refractivity contribution in [2.75, 3.05) is 7.11 Å². The summed E-state index contributed by atoms with van der Waals surface area (Å²) < 4.78 is 18.4. The highest BCUT2D eigenvalue weighted by atomic mass is 19.1. The van der Waals surface area contributed by atoms with Crippen molar-refractivity contribution in [1.82, 2.24) is 5.32 Å². The molecule has 104 valence electrons. The topological polar surface area (TPSA) is 75.6 Å². The van der Waals surface area contributed by atoms with E-state index in [-0.39, 0.29) is 18.4 Å². The van der Waals surface area contributed by atoms with Gasteiger partial charge in [0.05, 0.1) is 13.5 Å². The average Bonchev–Trinajstić information content (AvgIpc) is 2.37. The summed E-state index contributed by atoms with van der Waals surface area (Å²) in [5, 5.41) is 11.1. The molecule has 0 bridgehead atoms. The first-order valence-corrected chi connectivity index (χ1v) is 5.82. The minimum atomic E-state index is -1.11. The molecule has 6 heteroatoms. The number of aliphatic carboxylic acids is 1. The fraction of sp³-hybridized carbons (Fsp3) is 0.385. The number of rotatable bonds is 6. The summed E-state index contributed by atoms with van der Waals surface area (Å²) in [6.45, 7) is 1.65. The Hall–Kier alpha value is -2.11. The van der Waals surface area contributed by atoms with Crippen LogP contribution in [-0.4, -0.2) is 30.1 Å². The molecule has 1 amide bonds. The number of benzene rings is 1. The number of halogens is 1. The smallest absolute Gasteiger partial charge is 0.326 e. The molecule has 1 rings (SSSR count). The van der Waals surface area contributed by atoms with Gasteiger partial charge < -0.3 is 15.2 Å². The Morgan fingerprint density at radius 2 is 2.16 bits per heavy atom. The second-order valence-electron chi connectivity index (χ2n) is 4.00. The minimum absolute atomic E-state index is 0.193. The van der Waals surface area contributed by atoms with Gasteiger partial charge in [0.2, 0.25) is 5.91 Å². The van der Waals surface area contributed by atoms with E-state index in [0.29, 0.717) is 5.75 Å². The molecule has 0 saturated heterocycles. The quantitative estimate of drug-likeness (QED) is 0.817. The highest BCUT2D eigenvalue weighted by molar-refractivity contribution is 5.84. The number of amides is 1. The van der Waals surface area contributed by atoms with E-state index in [1.807, 2.05) is 0 Å². The molecule has 1 aromatic rings. The average molecular weight is 269 g/mol. The van der Waals surface area contributed by atoms with Crippen LogP contribution in [-0.2, 0) is 16.0 Å². The van der Waals surface area contributed by atoms with Crippen LogP contribution in [0.4, 0.5) is 4.39 Å². The third kappa shape index (κ3) is 4.24. The Kier molecular flexibility index (Phi) is 5.29. The van der Waals surface area contributed by atoms with Crippen molar-refractivity contribution in [2.24, 2.45) is 0 Å². The maximum atomic E-state index is 13.6. The van der Waals surface area contributed by atoms with Gasteiger partial charge in [-0.1, -0.05) is 13.0 Å². The summed E-state index contributed by atoms with van der Waals surface area (Å²) in [6.07, 6.45) is 0.0613. The molecule has 0 aliphatic rings. The number of carboxylic acids is 1. The number of nitrogens with one attached hydrogen (secondary N) is 1. The number of carbonyl (C=O) groups excluding carboxylic acids is 1. The van der Waals surface area contributed by atoms with Gasteiger partial charge in [-0.3, -0.25) is 4.79 Å². The van der Waals surface area contributed by atoms with Crippen LogP contribution in [0.3, 0.4) is 0 Å². The van der Waals surface area contributed by atoms with Gasteiger partial charge in [0.25, 0.3) is 0 Å². The molecule has 0 radical (unpaired) electrons. The fourth-order valence-electron chi connectivity index (χ4n) is 1.56. The van der Waals surface area contributed by atoms with Gasteiger partial charge in [-0.15, -0.1) is 0 Å². The molecule has 0 aliphatic heterocycles. The number of carboxylic acid groups (broad SMARTS) is 1. The second-order valence-corrected chi connectivity index (χ2v) is 4.00. The molecule has 1 aromatic carbocycles.